The molecule has 1 aromatic heterocycles. The summed E-state index contributed by atoms with van der Waals surface area (Å²) in [6.45, 7) is 0.692. The molecule has 72 valence electrons. The molecule has 0 saturated carbocycles. The number of rotatable bonds is 5. The van der Waals surface area contributed by atoms with E-state index in [0.29, 0.717) is 19.1 Å². The summed E-state index contributed by atoms with van der Waals surface area (Å²) in [5, 5.41) is 12.1. The second kappa shape index (κ2) is 5.45. The lowest BCUT2D eigenvalue weighted by Gasteiger charge is -2.09. The van der Waals surface area contributed by atoms with Crippen LogP contribution in [0.2, 0.25) is 0 Å². The van der Waals surface area contributed by atoms with Crippen molar-refractivity contribution in [3.05, 3.63) is 18.5 Å². The highest BCUT2D eigenvalue weighted by Gasteiger charge is 2.02. The summed E-state index contributed by atoms with van der Waals surface area (Å²) in [4.78, 5) is 7.87. The third-order valence-corrected chi connectivity index (χ3v) is 1.42. The van der Waals surface area contributed by atoms with E-state index in [2.05, 4.69) is 15.3 Å². The van der Waals surface area contributed by atoms with E-state index in [4.69, 9.17) is 4.74 Å². The van der Waals surface area contributed by atoms with Crippen LogP contribution in [0.1, 0.15) is 0 Å². The Labute approximate surface area is 76.8 Å². The van der Waals surface area contributed by atoms with Crippen molar-refractivity contribution < 1.29 is 9.84 Å². The average Bonchev–Trinajstić information content (AvgIpc) is 2.17. The summed E-state index contributed by atoms with van der Waals surface area (Å²) in [7, 11) is 1.54. The Morgan fingerprint density at radius 1 is 1.54 bits per heavy atom. The number of nitrogens with one attached hydrogen (secondary N) is 1. The van der Waals surface area contributed by atoms with Gasteiger partial charge in [0.05, 0.1) is 12.7 Å². The van der Waals surface area contributed by atoms with E-state index < -0.39 is 6.10 Å². The first-order valence-corrected chi connectivity index (χ1v) is 4.01. The smallest absolute Gasteiger partial charge is 0.222 e. The fourth-order valence-corrected chi connectivity index (χ4v) is 0.851. The van der Waals surface area contributed by atoms with E-state index in [9.17, 15) is 5.11 Å². The van der Waals surface area contributed by atoms with Gasteiger partial charge < -0.3 is 15.2 Å². The normalized spacial score (nSPS) is 12.5. The number of hydrogen-bond acceptors (Lipinski definition) is 5. The van der Waals surface area contributed by atoms with Gasteiger partial charge in [0, 0.05) is 26.0 Å². The summed E-state index contributed by atoms with van der Waals surface area (Å²) in [5.74, 6) is 0.512. The van der Waals surface area contributed by atoms with E-state index in [1.165, 1.54) is 0 Å². The van der Waals surface area contributed by atoms with Gasteiger partial charge in [-0.15, -0.1) is 0 Å². The average molecular weight is 183 g/mol. The van der Waals surface area contributed by atoms with Crippen molar-refractivity contribution in [1.82, 2.24) is 9.97 Å². The van der Waals surface area contributed by atoms with E-state index in [0.717, 1.165) is 0 Å². The van der Waals surface area contributed by atoms with Crippen molar-refractivity contribution >= 4 is 5.95 Å². The molecule has 13 heavy (non-hydrogen) atoms. The zero-order valence-electron chi connectivity index (χ0n) is 7.47. The minimum atomic E-state index is -0.534. The quantitative estimate of drug-likeness (QED) is 0.667. The topological polar surface area (TPSA) is 67.3 Å². The van der Waals surface area contributed by atoms with Crippen LogP contribution in [0.25, 0.3) is 0 Å². The first-order valence-electron chi connectivity index (χ1n) is 4.01. The maximum atomic E-state index is 9.27. The monoisotopic (exact) mass is 183 g/mol. The largest absolute Gasteiger partial charge is 0.389 e. The number of aliphatic hydroxyl groups is 1. The van der Waals surface area contributed by atoms with E-state index in [1.807, 2.05) is 0 Å². The van der Waals surface area contributed by atoms with Gasteiger partial charge >= 0.3 is 0 Å². The lowest BCUT2D eigenvalue weighted by molar-refractivity contribution is 0.0726. The lowest BCUT2D eigenvalue weighted by Crippen LogP contribution is -2.24. The third-order valence-electron chi connectivity index (χ3n) is 1.42. The van der Waals surface area contributed by atoms with Crippen molar-refractivity contribution in [3.8, 4) is 0 Å². The van der Waals surface area contributed by atoms with Crippen molar-refractivity contribution in [1.29, 1.82) is 0 Å². The van der Waals surface area contributed by atoms with Crippen LogP contribution in [0.3, 0.4) is 0 Å². The number of aliphatic hydroxyl groups excluding tert-OH is 1. The fourth-order valence-electron chi connectivity index (χ4n) is 0.851. The number of aromatic nitrogens is 2. The van der Waals surface area contributed by atoms with Crippen LogP contribution in [0, 0.1) is 0 Å². The van der Waals surface area contributed by atoms with Crippen LogP contribution >= 0.6 is 0 Å². The maximum absolute atomic E-state index is 9.27. The maximum Gasteiger partial charge on any atom is 0.222 e. The van der Waals surface area contributed by atoms with Gasteiger partial charge in [-0.1, -0.05) is 0 Å². The fraction of sp³-hybridized carbons (Fsp3) is 0.500. The Bertz CT molecular complexity index is 230. The summed E-state index contributed by atoms with van der Waals surface area (Å²) >= 11 is 0. The predicted molar refractivity (Wildman–Crippen MR) is 48.4 cm³/mol. The molecule has 1 heterocycles. The highest BCUT2D eigenvalue weighted by Crippen LogP contribution is 1.94. The number of nitrogens with zero attached hydrogens (tertiary/aromatic N) is 2. The van der Waals surface area contributed by atoms with Crippen LogP contribution in [0.15, 0.2) is 18.5 Å². The van der Waals surface area contributed by atoms with E-state index in [1.54, 1.807) is 25.6 Å². The summed E-state index contributed by atoms with van der Waals surface area (Å²) in [6, 6.07) is 1.73. The van der Waals surface area contributed by atoms with Crippen LogP contribution in [-0.4, -0.2) is 41.4 Å². The number of anilines is 1. The number of ether oxygens (including phenoxy) is 1. The molecule has 0 spiro atoms. The molecule has 0 aliphatic carbocycles. The molecule has 0 amide bonds. The van der Waals surface area contributed by atoms with Crippen molar-refractivity contribution in [2.24, 2.45) is 0 Å². The first-order chi connectivity index (χ1) is 6.33. The molecule has 1 unspecified atom stereocenters. The van der Waals surface area contributed by atoms with Gasteiger partial charge in [0.2, 0.25) is 5.95 Å². The molecule has 5 nitrogen and oxygen atoms in total. The van der Waals surface area contributed by atoms with Gasteiger partial charge in [-0.3, -0.25) is 0 Å². The Kier molecular flexibility index (Phi) is 4.14. The second-order valence-corrected chi connectivity index (χ2v) is 2.56. The lowest BCUT2D eigenvalue weighted by atomic mass is 10.4. The van der Waals surface area contributed by atoms with Crippen LogP contribution in [0.5, 0.6) is 0 Å². The Morgan fingerprint density at radius 3 is 2.85 bits per heavy atom. The molecule has 0 saturated heterocycles. The van der Waals surface area contributed by atoms with Gasteiger partial charge in [-0.2, -0.15) is 0 Å². The molecule has 0 radical (unpaired) electrons. The first kappa shape index (κ1) is 9.88. The highest BCUT2D eigenvalue weighted by atomic mass is 16.5. The van der Waals surface area contributed by atoms with Crippen molar-refractivity contribution in [3.63, 3.8) is 0 Å². The highest BCUT2D eigenvalue weighted by molar-refractivity contribution is 5.21. The Morgan fingerprint density at radius 2 is 2.23 bits per heavy atom. The molecule has 0 aliphatic rings. The van der Waals surface area contributed by atoms with Gasteiger partial charge in [-0.05, 0) is 6.07 Å². The van der Waals surface area contributed by atoms with Crippen molar-refractivity contribution in [2.75, 3.05) is 25.6 Å². The zero-order chi connectivity index (χ0) is 9.52. The van der Waals surface area contributed by atoms with Crippen LogP contribution in [0.4, 0.5) is 5.95 Å². The number of methoxy groups -OCH3 is 1. The molecular formula is C8H13N3O2. The molecule has 5 heteroatoms. The van der Waals surface area contributed by atoms with Crippen LogP contribution in [-0.2, 0) is 4.74 Å². The molecule has 0 aliphatic heterocycles. The zero-order valence-corrected chi connectivity index (χ0v) is 7.47. The third kappa shape index (κ3) is 3.82. The predicted octanol–water partition coefficient (Wildman–Crippen LogP) is -0.104. The molecule has 1 aromatic rings. The summed E-state index contributed by atoms with van der Waals surface area (Å²) in [5.41, 5.74) is 0. The molecular weight excluding hydrogens is 170 g/mol. The minimum Gasteiger partial charge on any atom is -0.389 e. The molecule has 0 fully saturated rings. The second-order valence-electron chi connectivity index (χ2n) is 2.56. The standard InChI is InChI=1S/C8H13N3O2/c1-13-6-7(12)5-11-8-9-3-2-4-10-8/h2-4,7,12H,5-6H2,1H3,(H,9,10,11). The van der Waals surface area contributed by atoms with Gasteiger partial charge in [0.25, 0.3) is 0 Å². The van der Waals surface area contributed by atoms with Gasteiger partial charge in [-0.25, -0.2) is 9.97 Å². The minimum absolute atomic E-state index is 0.305. The van der Waals surface area contributed by atoms with Gasteiger partial charge in [0.15, 0.2) is 0 Å². The molecule has 1 atom stereocenters. The van der Waals surface area contributed by atoms with Crippen LogP contribution < -0.4 is 5.32 Å². The SMILES string of the molecule is COCC(O)CNc1ncccn1. The van der Waals surface area contributed by atoms with Crippen molar-refractivity contribution in [2.45, 2.75) is 6.10 Å². The summed E-state index contributed by atoms with van der Waals surface area (Å²) in [6.07, 6.45) is 2.74. The van der Waals surface area contributed by atoms with E-state index in [-0.39, 0.29) is 0 Å². The molecule has 0 aromatic carbocycles. The van der Waals surface area contributed by atoms with E-state index >= 15 is 0 Å². The summed E-state index contributed by atoms with van der Waals surface area (Å²) < 4.78 is 4.76. The molecule has 0 bridgehead atoms. The molecule has 2 N–H and O–H groups in total. The Hall–Kier alpha value is -1.20. The molecule has 1 rings (SSSR count). The van der Waals surface area contributed by atoms with Gasteiger partial charge in [0.1, 0.15) is 0 Å². The number of hydrogen-bond donors (Lipinski definition) is 2. The Balaban J connectivity index is 2.27.